The van der Waals surface area contributed by atoms with Crippen molar-refractivity contribution in [1.82, 2.24) is 10.2 Å². The van der Waals surface area contributed by atoms with Crippen LogP contribution in [0.25, 0.3) is 0 Å². The molecule has 1 rings (SSSR count). The summed E-state index contributed by atoms with van der Waals surface area (Å²) in [7, 11) is 2.29. The third kappa shape index (κ3) is 4.84. The maximum atomic E-state index is 3.53. The molecular weight excluding hydrogens is 196 g/mol. The van der Waals surface area contributed by atoms with Gasteiger partial charge < -0.3 is 10.2 Å². The van der Waals surface area contributed by atoms with Crippen molar-refractivity contribution in [2.45, 2.75) is 59.0 Å². The molecule has 0 bridgehead atoms. The normalized spacial score (nSPS) is 20.4. The van der Waals surface area contributed by atoms with E-state index in [1.165, 1.54) is 19.3 Å². The topological polar surface area (TPSA) is 15.3 Å². The van der Waals surface area contributed by atoms with E-state index >= 15 is 0 Å². The number of hydrogen-bond acceptors (Lipinski definition) is 2. The molecule has 0 aromatic rings. The molecule has 96 valence electrons. The lowest BCUT2D eigenvalue weighted by molar-refractivity contribution is 0.169. The summed E-state index contributed by atoms with van der Waals surface area (Å²) < 4.78 is 0. The second-order valence-electron chi connectivity index (χ2n) is 5.98. The largest absolute Gasteiger partial charge is 0.316 e. The van der Waals surface area contributed by atoms with Crippen molar-refractivity contribution in [2.24, 2.45) is 11.8 Å². The molecule has 1 N–H and O–H groups in total. The smallest absolute Gasteiger partial charge is 0.00949 e. The lowest BCUT2D eigenvalue weighted by Crippen LogP contribution is -2.39. The summed E-state index contributed by atoms with van der Waals surface area (Å²) in [5.41, 5.74) is 0. The second-order valence-corrected chi connectivity index (χ2v) is 5.98. The Balaban J connectivity index is 2.10. The Labute approximate surface area is 102 Å². The Morgan fingerprint density at radius 2 is 1.81 bits per heavy atom. The van der Waals surface area contributed by atoms with E-state index in [9.17, 15) is 0 Å². The van der Waals surface area contributed by atoms with E-state index in [-0.39, 0.29) is 0 Å². The number of rotatable bonds is 8. The molecule has 1 saturated carbocycles. The predicted octanol–water partition coefficient (Wildman–Crippen LogP) is 2.74. The summed E-state index contributed by atoms with van der Waals surface area (Å²) >= 11 is 0. The minimum atomic E-state index is 0.704. The molecule has 2 nitrogen and oxygen atoms in total. The monoisotopic (exact) mass is 226 g/mol. The maximum absolute atomic E-state index is 3.53. The zero-order chi connectivity index (χ0) is 12.1. The van der Waals surface area contributed by atoms with Crippen LogP contribution < -0.4 is 5.32 Å². The minimum absolute atomic E-state index is 0.704. The first kappa shape index (κ1) is 14.0. The molecule has 0 aromatic heterocycles. The predicted molar refractivity (Wildman–Crippen MR) is 71.7 cm³/mol. The maximum Gasteiger partial charge on any atom is 0.00949 e. The molecule has 2 heteroatoms. The fourth-order valence-corrected chi connectivity index (χ4v) is 2.22. The number of hydrogen-bond donors (Lipinski definition) is 1. The van der Waals surface area contributed by atoms with Gasteiger partial charge in [0.2, 0.25) is 0 Å². The molecule has 0 aliphatic heterocycles. The van der Waals surface area contributed by atoms with Crippen molar-refractivity contribution < 1.29 is 0 Å². The Morgan fingerprint density at radius 3 is 2.31 bits per heavy atom. The zero-order valence-corrected chi connectivity index (χ0v) is 11.8. The summed E-state index contributed by atoms with van der Waals surface area (Å²) in [6.07, 6.45) is 4.16. The van der Waals surface area contributed by atoms with E-state index in [1.807, 2.05) is 0 Å². The minimum Gasteiger partial charge on any atom is -0.316 e. The van der Waals surface area contributed by atoms with Gasteiger partial charge in [0.1, 0.15) is 0 Å². The van der Waals surface area contributed by atoms with Gasteiger partial charge in [0.15, 0.2) is 0 Å². The van der Waals surface area contributed by atoms with Crippen LogP contribution in [0.5, 0.6) is 0 Å². The first-order chi connectivity index (χ1) is 7.52. The van der Waals surface area contributed by atoms with Crippen LogP contribution in [-0.2, 0) is 0 Å². The van der Waals surface area contributed by atoms with Gasteiger partial charge in [-0.1, -0.05) is 13.8 Å². The summed E-state index contributed by atoms with van der Waals surface area (Å²) in [6.45, 7) is 11.6. The molecule has 0 amide bonds. The quantitative estimate of drug-likeness (QED) is 0.640. The Morgan fingerprint density at radius 1 is 1.19 bits per heavy atom. The highest BCUT2D eigenvalue weighted by Crippen LogP contribution is 2.35. The van der Waals surface area contributed by atoms with E-state index in [2.05, 4.69) is 45.0 Å². The van der Waals surface area contributed by atoms with Gasteiger partial charge in [0.05, 0.1) is 0 Å². The van der Waals surface area contributed by atoms with Gasteiger partial charge in [-0.25, -0.2) is 0 Å². The van der Waals surface area contributed by atoms with Gasteiger partial charge in [-0.05, 0) is 65.1 Å². The summed E-state index contributed by atoms with van der Waals surface area (Å²) in [5.74, 6) is 1.74. The zero-order valence-electron chi connectivity index (χ0n) is 11.8. The average Bonchev–Trinajstić information content (AvgIpc) is 3.05. The SMILES string of the molecule is CC(C)CNCCC(C)N(C)C(C)C1CC1. The van der Waals surface area contributed by atoms with Crippen LogP contribution in [0.15, 0.2) is 0 Å². The van der Waals surface area contributed by atoms with Gasteiger partial charge in [0.25, 0.3) is 0 Å². The van der Waals surface area contributed by atoms with E-state index in [1.54, 1.807) is 0 Å². The molecular formula is C14H30N2. The first-order valence-electron chi connectivity index (χ1n) is 6.95. The molecule has 1 aliphatic carbocycles. The van der Waals surface area contributed by atoms with Gasteiger partial charge in [-0.15, -0.1) is 0 Å². The molecule has 2 unspecified atom stereocenters. The molecule has 1 fully saturated rings. The van der Waals surface area contributed by atoms with Crippen molar-refractivity contribution in [3.8, 4) is 0 Å². The van der Waals surface area contributed by atoms with E-state index in [0.29, 0.717) is 6.04 Å². The van der Waals surface area contributed by atoms with E-state index in [4.69, 9.17) is 0 Å². The van der Waals surface area contributed by atoms with Crippen molar-refractivity contribution in [2.75, 3.05) is 20.1 Å². The molecule has 0 saturated heterocycles. The van der Waals surface area contributed by atoms with Gasteiger partial charge in [-0.2, -0.15) is 0 Å². The average molecular weight is 226 g/mol. The van der Waals surface area contributed by atoms with Crippen LogP contribution in [0.4, 0.5) is 0 Å². The van der Waals surface area contributed by atoms with Crippen molar-refractivity contribution >= 4 is 0 Å². The lowest BCUT2D eigenvalue weighted by atomic mass is 10.1. The van der Waals surface area contributed by atoms with Gasteiger partial charge >= 0.3 is 0 Å². The number of nitrogens with zero attached hydrogens (tertiary/aromatic N) is 1. The van der Waals surface area contributed by atoms with E-state index < -0.39 is 0 Å². The van der Waals surface area contributed by atoms with Crippen LogP contribution in [0, 0.1) is 11.8 Å². The third-order valence-corrected chi connectivity index (χ3v) is 3.93. The fourth-order valence-electron chi connectivity index (χ4n) is 2.22. The molecule has 0 heterocycles. The second kappa shape index (κ2) is 6.61. The fraction of sp³-hybridized carbons (Fsp3) is 1.00. The van der Waals surface area contributed by atoms with Gasteiger partial charge in [-0.3, -0.25) is 0 Å². The highest BCUT2D eigenvalue weighted by molar-refractivity contribution is 4.85. The highest BCUT2D eigenvalue weighted by atomic mass is 15.2. The molecule has 0 radical (unpaired) electrons. The molecule has 2 atom stereocenters. The Bertz CT molecular complexity index is 187. The molecule has 0 aromatic carbocycles. The summed E-state index contributed by atoms with van der Waals surface area (Å²) in [5, 5.41) is 3.53. The van der Waals surface area contributed by atoms with Crippen molar-refractivity contribution in [3.05, 3.63) is 0 Å². The van der Waals surface area contributed by atoms with Crippen LogP contribution in [0.3, 0.4) is 0 Å². The summed E-state index contributed by atoms with van der Waals surface area (Å²) in [4.78, 5) is 2.56. The van der Waals surface area contributed by atoms with Crippen LogP contribution in [0.1, 0.15) is 47.0 Å². The van der Waals surface area contributed by atoms with Gasteiger partial charge in [0, 0.05) is 12.1 Å². The number of nitrogens with one attached hydrogen (secondary N) is 1. The Kier molecular flexibility index (Phi) is 5.77. The summed E-state index contributed by atoms with van der Waals surface area (Å²) in [6, 6.07) is 1.48. The van der Waals surface area contributed by atoms with Crippen molar-refractivity contribution in [1.29, 1.82) is 0 Å². The first-order valence-corrected chi connectivity index (χ1v) is 6.95. The van der Waals surface area contributed by atoms with E-state index in [0.717, 1.165) is 31.0 Å². The Hall–Kier alpha value is -0.0800. The van der Waals surface area contributed by atoms with Crippen LogP contribution in [-0.4, -0.2) is 37.1 Å². The third-order valence-electron chi connectivity index (χ3n) is 3.93. The van der Waals surface area contributed by atoms with Crippen LogP contribution >= 0.6 is 0 Å². The molecule has 16 heavy (non-hydrogen) atoms. The van der Waals surface area contributed by atoms with Crippen molar-refractivity contribution in [3.63, 3.8) is 0 Å². The molecule has 0 spiro atoms. The standard InChI is InChI=1S/C14H30N2/c1-11(2)10-15-9-8-12(3)16(5)13(4)14-6-7-14/h11-15H,6-10H2,1-5H3. The lowest BCUT2D eigenvalue weighted by Gasteiger charge is -2.31. The highest BCUT2D eigenvalue weighted by Gasteiger charge is 2.31. The van der Waals surface area contributed by atoms with Crippen LogP contribution in [0.2, 0.25) is 0 Å². The molecule has 1 aliphatic rings.